The Balaban J connectivity index is 2.37. The molecule has 3 N–H and O–H groups in total. The smallest absolute Gasteiger partial charge is 0.405 e. The van der Waals surface area contributed by atoms with Crippen LogP contribution in [-0.4, -0.2) is 27.8 Å². The monoisotopic (exact) mass is 366 g/mol. The summed E-state index contributed by atoms with van der Waals surface area (Å²) in [6, 6.07) is 14.1. The lowest BCUT2D eigenvalue weighted by Gasteiger charge is -2.21. The first-order valence-corrected chi connectivity index (χ1v) is 8.80. The maximum atomic E-state index is 13.5. The average Bonchev–Trinajstić information content (AvgIpc) is 2.66. The van der Waals surface area contributed by atoms with Crippen molar-refractivity contribution in [1.29, 1.82) is 0 Å². The molecule has 0 aliphatic rings. The number of amides is 1. The van der Waals surface area contributed by atoms with E-state index in [0.29, 0.717) is 35.4 Å². The van der Waals surface area contributed by atoms with E-state index in [9.17, 15) is 14.7 Å². The highest BCUT2D eigenvalue weighted by Gasteiger charge is 2.22. The molecule has 0 saturated heterocycles. The molecule has 1 aromatic heterocycles. The number of nitrogens with one attached hydrogen (secondary N) is 2. The first-order chi connectivity index (χ1) is 13.1. The van der Waals surface area contributed by atoms with Gasteiger partial charge < -0.3 is 15.7 Å². The second kappa shape index (κ2) is 8.01. The standard InChI is InChI=1S/C20H22N4O3/c1-3-15(23-20(26)27)18-22-16-11-7-8-13(12-21-2)17(16)19(25)24(18)14-9-5-4-6-10-14/h4-11,15,21,23H,3,12H2,1-2H3,(H,26,27). The van der Waals surface area contributed by atoms with E-state index in [2.05, 4.69) is 15.6 Å². The van der Waals surface area contributed by atoms with Gasteiger partial charge in [0, 0.05) is 6.54 Å². The van der Waals surface area contributed by atoms with E-state index in [0.717, 1.165) is 5.56 Å². The Bertz CT molecular complexity index is 1010. The fourth-order valence-electron chi connectivity index (χ4n) is 3.21. The summed E-state index contributed by atoms with van der Waals surface area (Å²) < 4.78 is 1.51. The lowest BCUT2D eigenvalue weighted by atomic mass is 10.1. The third kappa shape index (κ3) is 3.68. The molecule has 0 fully saturated rings. The summed E-state index contributed by atoms with van der Waals surface area (Å²) in [7, 11) is 1.82. The van der Waals surface area contributed by atoms with E-state index in [1.165, 1.54) is 4.57 Å². The number of carboxylic acid groups (broad SMARTS) is 1. The summed E-state index contributed by atoms with van der Waals surface area (Å²) >= 11 is 0. The van der Waals surface area contributed by atoms with Gasteiger partial charge in [-0.05, 0) is 37.2 Å². The van der Waals surface area contributed by atoms with Gasteiger partial charge in [0.25, 0.3) is 5.56 Å². The summed E-state index contributed by atoms with van der Waals surface area (Å²) in [4.78, 5) is 29.4. The maximum absolute atomic E-state index is 13.5. The van der Waals surface area contributed by atoms with Gasteiger partial charge in [-0.25, -0.2) is 9.78 Å². The van der Waals surface area contributed by atoms with Crippen LogP contribution in [0.5, 0.6) is 0 Å². The Morgan fingerprint density at radius 1 is 1.19 bits per heavy atom. The molecular formula is C20H22N4O3. The third-order valence-electron chi connectivity index (χ3n) is 4.41. The summed E-state index contributed by atoms with van der Waals surface area (Å²) in [5.41, 5.74) is 1.85. The minimum absolute atomic E-state index is 0.210. The fourth-order valence-corrected chi connectivity index (χ4v) is 3.21. The minimum Gasteiger partial charge on any atom is -0.465 e. The van der Waals surface area contributed by atoms with Gasteiger partial charge in [0.1, 0.15) is 5.82 Å². The molecule has 7 heteroatoms. The SMILES string of the molecule is CCC(NC(=O)O)c1nc2cccc(CNC)c2c(=O)n1-c1ccccc1. The number of hydrogen-bond donors (Lipinski definition) is 3. The largest absolute Gasteiger partial charge is 0.465 e. The van der Waals surface area contributed by atoms with E-state index in [4.69, 9.17) is 0 Å². The Hall–Kier alpha value is -3.19. The van der Waals surface area contributed by atoms with Crippen LogP contribution in [0.15, 0.2) is 53.3 Å². The molecule has 3 aromatic rings. The summed E-state index contributed by atoms with van der Waals surface area (Å²) in [6.45, 7) is 2.39. The Morgan fingerprint density at radius 3 is 2.56 bits per heavy atom. The molecule has 7 nitrogen and oxygen atoms in total. The Morgan fingerprint density at radius 2 is 1.93 bits per heavy atom. The molecule has 27 heavy (non-hydrogen) atoms. The Labute approximate surface area is 156 Å². The molecule has 1 heterocycles. The zero-order chi connectivity index (χ0) is 19.4. The van der Waals surface area contributed by atoms with Crippen molar-refractivity contribution in [2.75, 3.05) is 7.05 Å². The summed E-state index contributed by atoms with van der Waals surface area (Å²) in [5.74, 6) is 0.380. The van der Waals surface area contributed by atoms with Crippen molar-refractivity contribution in [1.82, 2.24) is 20.2 Å². The van der Waals surface area contributed by atoms with Crippen molar-refractivity contribution >= 4 is 17.0 Å². The van der Waals surface area contributed by atoms with Gasteiger partial charge in [0.2, 0.25) is 0 Å². The predicted molar refractivity (Wildman–Crippen MR) is 104 cm³/mol. The molecule has 0 saturated carbocycles. The minimum atomic E-state index is -1.15. The van der Waals surface area contributed by atoms with Crippen LogP contribution in [0, 0.1) is 0 Å². The van der Waals surface area contributed by atoms with Crippen molar-refractivity contribution in [2.45, 2.75) is 25.9 Å². The van der Waals surface area contributed by atoms with Crippen LogP contribution in [0.1, 0.15) is 30.8 Å². The van der Waals surface area contributed by atoms with Gasteiger partial charge in [-0.2, -0.15) is 0 Å². The second-order valence-corrected chi connectivity index (χ2v) is 6.20. The van der Waals surface area contributed by atoms with Gasteiger partial charge in [-0.3, -0.25) is 9.36 Å². The number of para-hydroxylation sites is 1. The molecular weight excluding hydrogens is 344 g/mol. The molecule has 1 amide bonds. The average molecular weight is 366 g/mol. The second-order valence-electron chi connectivity index (χ2n) is 6.20. The molecule has 3 rings (SSSR count). The number of hydrogen-bond acceptors (Lipinski definition) is 4. The fraction of sp³-hybridized carbons (Fsp3) is 0.250. The predicted octanol–water partition coefficient (Wildman–Crippen LogP) is 2.82. The number of aromatic nitrogens is 2. The number of rotatable bonds is 6. The highest BCUT2D eigenvalue weighted by atomic mass is 16.4. The van der Waals surface area contributed by atoms with E-state index >= 15 is 0 Å². The van der Waals surface area contributed by atoms with Crippen LogP contribution in [0.3, 0.4) is 0 Å². The first-order valence-electron chi connectivity index (χ1n) is 8.80. The van der Waals surface area contributed by atoms with Gasteiger partial charge in [-0.15, -0.1) is 0 Å². The third-order valence-corrected chi connectivity index (χ3v) is 4.41. The molecule has 0 spiro atoms. The molecule has 0 aliphatic heterocycles. The highest BCUT2D eigenvalue weighted by Crippen LogP contribution is 2.22. The Kier molecular flexibility index (Phi) is 5.52. The van der Waals surface area contributed by atoms with Crippen LogP contribution in [0.2, 0.25) is 0 Å². The molecule has 2 aromatic carbocycles. The van der Waals surface area contributed by atoms with E-state index in [-0.39, 0.29) is 5.56 Å². The van der Waals surface area contributed by atoms with Gasteiger partial charge in [0.15, 0.2) is 0 Å². The van der Waals surface area contributed by atoms with Crippen LogP contribution >= 0.6 is 0 Å². The highest BCUT2D eigenvalue weighted by molar-refractivity contribution is 5.82. The lowest BCUT2D eigenvalue weighted by Crippen LogP contribution is -2.34. The van der Waals surface area contributed by atoms with Gasteiger partial charge in [-0.1, -0.05) is 37.3 Å². The quantitative estimate of drug-likeness (QED) is 0.623. The van der Waals surface area contributed by atoms with Crippen molar-refractivity contribution in [3.8, 4) is 5.69 Å². The van der Waals surface area contributed by atoms with Crippen LogP contribution in [0.25, 0.3) is 16.6 Å². The summed E-state index contributed by atoms with van der Waals surface area (Å²) in [6.07, 6.45) is -0.687. The maximum Gasteiger partial charge on any atom is 0.405 e. The lowest BCUT2D eigenvalue weighted by molar-refractivity contribution is 0.188. The number of carbonyl (C=O) groups is 1. The summed E-state index contributed by atoms with van der Waals surface area (Å²) in [5, 5.41) is 15.3. The molecule has 1 atom stereocenters. The molecule has 0 bridgehead atoms. The molecule has 0 radical (unpaired) electrons. The zero-order valence-electron chi connectivity index (χ0n) is 15.3. The molecule has 140 valence electrons. The van der Waals surface area contributed by atoms with E-state index < -0.39 is 12.1 Å². The number of nitrogens with zero attached hydrogens (tertiary/aromatic N) is 2. The normalized spacial score (nSPS) is 12.1. The first kappa shape index (κ1) is 18.6. The van der Waals surface area contributed by atoms with Crippen LogP contribution < -0.4 is 16.2 Å². The molecule has 1 unspecified atom stereocenters. The zero-order valence-corrected chi connectivity index (χ0v) is 15.3. The van der Waals surface area contributed by atoms with Crippen molar-refractivity contribution < 1.29 is 9.90 Å². The van der Waals surface area contributed by atoms with Gasteiger partial charge >= 0.3 is 6.09 Å². The number of benzene rings is 2. The number of fused-ring (bicyclic) bond motifs is 1. The van der Waals surface area contributed by atoms with Gasteiger partial charge in [0.05, 0.1) is 22.6 Å². The van der Waals surface area contributed by atoms with Crippen LogP contribution in [0.4, 0.5) is 4.79 Å². The van der Waals surface area contributed by atoms with E-state index in [1.807, 2.05) is 56.4 Å². The van der Waals surface area contributed by atoms with Crippen LogP contribution in [-0.2, 0) is 6.54 Å². The topological polar surface area (TPSA) is 96.2 Å². The van der Waals surface area contributed by atoms with Crippen molar-refractivity contribution in [3.05, 3.63) is 70.3 Å². The van der Waals surface area contributed by atoms with Crippen molar-refractivity contribution in [3.63, 3.8) is 0 Å². The molecule has 0 aliphatic carbocycles. The van der Waals surface area contributed by atoms with E-state index in [1.54, 1.807) is 6.07 Å². The van der Waals surface area contributed by atoms with Crippen molar-refractivity contribution in [2.24, 2.45) is 0 Å².